The molecule has 0 heterocycles. The SMILES string of the molecule is CSc1ccc(C(C)NC2CC3CCC2C3)cc1. The predicted octanol–water partition coefficient (Wildman–Crippen LogP) is 4.25. The minimum Gasteiger partial charge on any atom is -0.307 e. The molecule has 0 spiro atoms. The third kappa shape index (κ3) is 2.46. The largest absolute Gasteiger partial charge is 0.307 e. The average Bonchev–Trinajstić information content (AvgIpc) is 3.01. The number of rotatable bonds is 4. The van der Waals surface area contributed by atoms with Crippen molar-refractivity contribution >= 4 is 11.8 Å². The summed E-state index contributed by atoms with van der Waals surface area (Å²) in [6.07, 6.45) is 7.97. The van der Waals surface area contributed by atoms with Crippen LogP contribution < -0.4 is 5.32 Å². The lowest BCUT2D eigenvalue weighted by molar-refractivity contribution is 0.327. The van der Waals surface area contributed by atoms with Gasteiger partial charge in [0.1, 0.15) is 0 Å². The number of nitrogens with one attached hydrogen (secondary N) is 1. The summed E-state index contributed by atoms with van der Waals surface area (Å²) in [5.41, 5.74) is 1.43. The Balaban J connectivity index is 1.62. The molecule has 2 heteroatoms. The first-order valence-electron chi connectivity index (χ1n) is 7.16. The molecule has 3 rings (SSSR count). The summed E-state index contributed by atoms with van der Waals surface area (Å²) in [5, 5.41) is 3.86. The summed E-state index contributed by atoms with van der Waals surface area (Å²) in [7, 11) is 0. The molecule has 0 radical (unpaired) electrons. The summed E-state index contributed by atoms with van der Waals surface area (Å²) < 4.78 is 0. The van der Waals surface area contributed by atoms with Crippen molar-refractivity contribution in [2.75, 3.05) is 6.26 Å². The molecule has 1 aromatic carbocycles. The van der Waals surface area contributed by atoms with Crippen molar-refractivity contribution in [2.24, 2.45) is 11.8 Å². The van der Waals surface area contributed by atoms with Gasteiger partial charge in [-0.25, -0.2) is 0 Å². The van der Waals surface area contributed by atoms with Crippen LogP contribution in [0, 0.1) is 11.8 Å². The number of thioether (sulfide) groups is 1. The normalized spacial score (nSPS) is 31.8. The molecule has 98 valence electrons. The fourth-order valence-electron chi connectivity index (χ4n) is 3.76. The van der Waals surface area contributed by atoms with Gasteiger partial charge in [0.25, 0.3) is 0 Å². The maximum atomic E-state index is 3.86. The van der Waals surface area contributed by atoms with Crippen LogP contribution in [-0.4, -0.2) is 12.3 Å². The Morgan fingerprint density at radius 1 is 1.17 bits per heavy atom. The van der Waals surface area contributed by atoms with E-state index in [0.29, 0.717) is 6.04 Å². The third-order valence-corrected chi connectivity index (χ3v) is 5.56. The van der Waals surface area contributed by atoms with Crippen LogP contribution in [0.4, 0.5) is 0 Å². The van der Waals surface area contributed by atoms with Crippen LogP contribution in [0.2, 0.25) is 0 Å². The molecule has 2 aliphatic carbocycles. The molecular formula is C16H23NS. The summed E-state index contributed by atoms with van der Waals surface area (Å²) in [6.45, 7) is 2.31. The Labute approximate surface area is 115 Å². The fourth-order valence-corrected chi connectivity index (χ4v) is 4.17. The van der Waals surface area contributed by atoms with E-state index >= 15 is 0 Å². The van der Waals surface area contributed by atoms with Crippen LogP contribution in [0.5, 0.6) is 0 Å². The number of hydrogen-bond donors (Lipinski definition) is 1. The van der Waals surface area contributed by atoms with Crippen molar-refractivity contribution < 1.29 is 0 Å². The second-order valence-corrected chi connectivity index (χ2v) is 6.82. The molecule has 0 saturated heterocycles. The second kappa shape index (κ2) is 5.26. The highest BCUT2D eigenvalue weighted by Crippen LogP contribution is 2.45. The minimum absolute atomic E-state index is 0.491. The van der Waals surface area contributed by atoms with E-state index in [4.69, 9.17) is 0 Å². The van der Waals surface area contributed by atoms with E-state index in [1.807, 2.05) is 11.8 Å². The van der Waals surface area contributed by atoms with Crippen LogP contribution in [0.25, 0.3) is 0 Å². The topological polar surface area (TPSA) is 12.0 Å². The molecule has 0 aromatic heterocycles. The van der Waals surface area contributed by atoms with Gasteiger partial charge in [0.15, 0.2) is 0 Å². The van der Waals surface area contributed by atoms with Gasteiger partial charge in [0, 0.05) is 17.0 Å². The van der Waals surface area contributed by atoms with E-state index < -0.39 is 0 Å². The highest BCUT2D eigenvalue weighted by molar-refractivity contribution is 7.98. The van der Waals surface area contributed by atoms with E-state index in [2.05, 4.69) is 42.8 Å². The van der Waals surface area contributed by atoms with Gasteiger partial charge in [-0.15, -0.1) is 11.8 Å². The van der Waals surface area contributed by atoms with Crippen molar-refractivity contribution in [3.05, 3.63) is 29.8 Å². The molecule has 2 aliphatic rings. The number of hydrogen-bond acceptors (Lipinski definition) is 2. The molecule has 0 amide bonds. The van der Waals surface area contributed by atoms with E-state index in [1.54, 1.807) is 0 Å². The van der Waals surface area contributed by atoms with Crippen molar-refractivity contribution in [2.45, 2.75) is 49.6 Å². The quantitative estimate of drug-likeness (QED) is 0.813. The number of fused-ring (bicyclic) bond motifs is 2. The summed E-state index contributed by atoms with van der Waals surface area (Å²) in [4.78, 5) is 1.35. The molecule has 1 nitrogen and oxygen atoms in total. The molecule has 4 unspecified atom stereocenters. The van der Waals surface area contributed by atoms with Gasteiger partial charge >= 0.3 is 0 Å². The molecule has 4 atom stereocenters. The van der Waals surface area contributed by atoms with Gasteiger partial charge in [-0.1, -0.05) is 18.6 Å². The average molecular weight is 261 g/mol. The molecule has 1 N–H and O–H groups in total. The third-order valence-electron chi connectivity index (χ3n) is 4.82. The zero-order valence-corrected chi connectivity index (χ0v) is 12.2. The molecular weight excluding hydrogens is 238 g/mol. The van der Waals surface area contributed by atoms with Gasteiger partial charge in [-0.2, -0.15) is 0 Å². The van der Waals surface area contributed by atoms with Crippen LogP contribution in [0.1, 0.15) is 44.2 Å². The molecule has 0 aliphatic heterocycles. The standard InChI is InChI=1S/C16H23NS/c1-11(13-5-7-15(18-2)8-6-13)17-16-10-12-3-4-14(16)9-12/h5-8,11-12,14,16-17H,3-4,9-10H2,1-2H3. The van der Waals surface area contributed by atoms with Crippen molar-refractivity contribution in [1.29, 1.82) is 0 Å². The van der Waals surface area contributed by atoms with E-state index in [1.165, 1.54) is 36.1 Å². The number of benzene rings is 1. The highest BCUT2D eigenvalue weighted by Gasteiger charge is 2.39. The Hall–Kier alpha value is -0.470. The van der Waals surface area contributed by atoms with Gasteiger partial charge in [0.05, 0.1) is 0 Å². The van der Waals surface area contributed by atoms with Gasteiger partial charge in [-0.05, 0) is 62.0 Å². The Bertz CT molecular complexity index is 400. The van der Waals surface area contributed by atoms with E-state index in [-0.39, 0.29) is 0 Å². The monoisotopic (exact) mass is 261 g/mol. The van der Waals surface area contributed by atoms with Crippen molar-refractivity contribution in [1.82, 2.24) is 5.32 Å². The highest BCUT2D eigenvalue weighted by atomic mass is 32.2. The maximum absolute atomic E-state index is 3.86. The van der Waals surface area contributed by atoms with Crippen LogP contribution in [0.15, 0.2) is 29.2 Å². The second-order valence-electron chi connectivity index (χ2n) is 5.94. The van der Waals surface area contributed by atoms with Crippen LogP contribution >= 0.6 is 11.8 Å². The summed E-state index contributed by atoms with van der Waals surface area (Å²) in [6, 6.07) is 10.3. The molecule has 2 bridgehead atoms. The molecule has 2 saturated carbocycles. The first-order valence-corrected chi connectivity index (χ1v) is 8.38. The van der Waals surface area contributed by atoms with Crippen molar-refractivity contribution in [3.8, 4) is 0 Å². The Morgan fingerprint density at radius 2 is 1.94 bits per heavy atom. The Kier molecular flexibility index (Phi) is 3.67. The lowest BCUT2D eigenvalue weighted by Gasteiger charge is -2.27. The van der Waals surface area contributed by atoms with E-state index in [0.717, 1.165) is 17.9 Å². The van der Waals surface area contributed by atoms with Crippen LogP contribution in [-0.2, 0) is 0 Å². The minimum atomic E-state index is 0.491. The Morgan fingerprint density at radius 3 is 2.50 bits per heavy atom. The van der Waals surface area contributed by atoms with E-state index in [9.17, 15) is 0 Å². The lowest BCUT2D eigenvalue weighted by Crippen LogP contribution is -2.35. The van der Waals surface area contributed by atoms with Crippen molar-refractivity contribution in [3.63, 3.8) is 0 Å². The summed E-state index contributed by atoms with van der Waals surface area (Å²) >= 11 is 1.81. The van der Waals surface area contributed by atoms with Crippen LogP contribution in [0.3, 0.4) is 0 Å². The van der Waals surface area contributed by atoms with Gasteiger partial charge in [0.2, 0.25) is 0 Å². The maximum Gasteiger partial charge on any atom is 0.0294 e. The van der Waals surface area contributed by atoms with Gasteiger partial charge < -0.3 is 5.32 Å². The molecule has 1 aromatic rings. The fraction of sp³-hybridized carbons (Fsp3) is 0.625. The zero-order valence-electron chi connectivity index (χ0n) is 11.4. The first kappa shape index (κ1) is 12.6. The summed E-state index contributed by atoms with van der Waals surface area (Å²) in [5.74, 6) is 1.99. The molecule has 18 heavy (non-hydrogen) atoms. The lowest BCUT2D eigenvalue weighted by atomic mass is 9.94. The first-order chi connectivity index (χ1) is 8.76. The predicted molar refractivity (Wildman–Crippen MR) is 79.0 cm³/mol. The van der Waals surface area contributed by atoms with Gasteiger partial charge in [-0.3, -0.25) is 0 Å². The zero-order chi connectivity index (χ0) is 12.5. The molecule has 2 fully saturated rings. The smallest absolute Gasteiger partial charge is 0.0294 e.